The first-order valence-corrected chi connectivity index (χ1v) is 7.87. The Morgan fingerprint density at radius 2 is 2.17 bits per heavy atom. The Kier molecular flexibility index (Phi) is 3.44. The fourth-order valence-electron chi connectivity index (χ4n) is 3.30. The monoisotopic (exact) mass is 314 g/mol. The molecule has 2 aromatic rings. The first kappa shape index (κ1) is 14.1. The molecule has 23 heavy (non-hydrogen) atoms. The number of aromatic nitrogens is 1. The minimum Gasteiger partial charge on any atom is -0.486 e. The van der Waals surface area contributed by atoms with Gasteiger partial charge in [-0.25, -0.2) is 0 Å². The Hall–Kier alpha value is -2.50. The van der Waals surface area contributed by atoms with Crippen LogP contribution >= 0.6 is 0 Å². The summed E-state index contributed by atoms with van der Waals surface area (Å²) in [5, 5.41) is 3.81. The zero-order valence-electron chi connectivity index (χ0n) is 12.9. The Labute approximate surface area is 134 Å². The van der Waals surface area contributed by atoms with Crippen LogP contribution in [0.4, 0.5) is 0 Å². The second-order valence-corrected chi connectivity index (χ2v) is 5.86. The number of aryl methyl sites for hydroxylation is 1. The van der Waals surface area contributed by atoms with Crippen molar-refractivity contribution in [3.05, 3.63) is 41.3 Å². The molecule has 1 aromatic heterocycles. The summed E-state index contributed by atoms with van der Waals surface area (Å²) in [6, 6.07) is 7.51. The van der Waals surface area contributed by atoms with Gasteiger partial charge >= 0.3 is 0 Å². The van der Waals surface area contributed by atoms with E-state index in [-0.39, 0.29) is 17.7 Å². The van der Waals surface area contributed by atoms with Crippen LogP contribution in [0.15, 0.2) is 28.8 Å². The Morgan fingerprint density at radius 1 is 1.30 bits per heavy atom. The van der Waals surface area contributed by atoms with Gasteiger partial charge in [0.1, 0.15) is 13.2 Å². The molecular weight excluding hydrogens is 296 g/mol. The summed E-state index contributed by atoms with van der Waals surface area (Å²) >= 11 is 0. The van der Waals surface area contributed by atoms with Gasteiger partial charge in [-0.2, -0.15) is 0 Å². The van der Waals surface area contributed by atoms with Gasteiger partial charge in [0.15, 0.2) is 11.5 Å². The van der Waals surface area contributed by atoms with E-state index in [9.17, 15) is 4.79 Å². The molecule has 0 bridgehead atoms. The van der Waals surface area contributed by atoms with E-state index in [0.717, 1.165) is 29.9 Å². The van der Waals surface area contributed by atoms with E-state index in [1.165, 1.54) is 0 Å². The van der Waals surface area contributed by atoms with Gasteiger partial charge in [-0.3, -0.25) is 4.79 Å². The van der Waals surface area contributed by atoms with Gasteiger partial charge in [0.2, 0.25) is 5.76 Å². The van der Waals surface area contributed by atoms with Crippen LogP contribution in [0.2, 0.25) is 0 Å². The van der Waals surface area contributed by atoms with Crippen LogP contribution in [0.25, 0.3) is 0 Å². The second kappa shape index (κ2) is 5.61. The molecule has 0 radical (unpaired) electrons. The fourth-order valence-corrected chi connectivity index (χ4v) is 3.30. The zero-order chi connectivity index (χ0) is 15.8. The molecule has 1 fully saturated rings. The predicted molar refractivity (Wildman–Crippen MR) is 81.7 cm³/mol. The van der Waals surface area contributed by atoms with Gasteiger partial charge in [-0.15, -0.1) is 0 Å². The molecule has 0 aliphatic carbocycles. The first-order chi connectivity index (χ1) is 11.2. The zero-order valence-corrected chi connectivity index (χ0v) is 12.9. The molecule has 1 unspecified atom stereocenters. The molecule has 120 valence electrons. The second-order valence-electron chi connectivity index (χ2n) is 5.86. The van der Waals surface area contributed by atoms with E-state index >= 15 is 0 Å². The smallest absolute Gasteiger partial charge is 0.292 e. The number of amides is 1. The molecule has 1 aromatic carbocycles. The summed E-state index contributed by atoms with van der Waals surface area (Å²) in [5.74, 6) is 1.68. The fraction of sp³-hybridized carbons (Fsp3) is 0.412. The van der Waals surface area contributed by atoms with Crippen LogP contribution in [0, 0.1) is 6.92 Å². The molecule has 1 saturated heterocycles. The Morgan fingerprint density at radius 3 is 3.00 bits per heavy atom. The van der Waals surface area contributed by atoms with Gasteiger partial charge in [-0.1, -0.05) is 17.3 Å². The molecule has 0 saturated carbocycles. The standard InChI is InChI=1S/C17H18N2O4/c1-11-10-15(23-18-11)17(20)19-7-3-5-13(19)12-4-2-6-14-16(12)22-9-8-21-14/h2,4,6,10,13H,3,5,7-9H2,1H3. The Balaban J connectivity index is 1.67. The normalized spacial score (nSPS) is 19.9. The van der Waals surface area contributed by atoms with E-state index in [1.807, 2.05) is 23.1 Å². The maximum Gasteiger partial charge on any atom is 0.292 e. The number of hydrogen-bond acceptors (Lipinski definition) is 5. The Bertz CT molecular complexity index is 740. The molecule has 6 nitrogen and oxygen atoms in total. The minimum atomic E-state index is -0.123. The summed E-state index contributed by atoms with van der Waals surface area (Å²) < 4.78 is 16.6. The lowest BCUT2D eigenvalue weighted by molar-refractivity contribution is 0.0688. The van der Waals surface area contributed by atoms with E-state index in [1.54, 1.807) is 13.0 Å². The molecule has 1 atom stereocenters. The molecule has 3 heterocycles. The van der Waals surface area contributed by atoms with Crippen molar-refractivity contribution >= 4 is 5.91 Å². The predicted octanol–water partition coefficient (Wildman–Crippen LogP) is 2.73. The number of carbonyl (C=O) groups is 1. The molecule has 2 aliphatic rings. The van der Waals surface area contributed by atoms with Crippen LogP contribution < -0.4 is 9.47 Å². The number of fused-ring (bicyclic) bond motifs is 1. The van der Waals surface area contributed by atoms with Crippen LogP contribution in [0.1, 0.15) is 40.7 Å². The largest absolute Gasteiger partial charge is 0.486 e. The van der Waals surface area contributed by atoms with Crippen molar-refractivity contribution < 1.29 is 18.8 Å². The SMILES string of the molecule is Cc1cc(C(=O)N2CCCC2c2cccc3c2OCCO3)on1. The molecule has 1 amide bonds. The molecule has 0 spiro atoms. The quantitative estimate of drug-likeness (QED) is 0.853. The summed E-state index contributed by atoms with van der Waals surface area (Å²) in [5.41, 5.74) is 1.71. The maximum atomic E-state index is 12.7. The van der Waals surface area contributed by atoms with Crippen molar-refractivity contribution in [1.29, 1.82) is 0 Å². The van der Waals surface area contributed by atoms with Crippen molar-refractivity contribution in [2.45, 2.75) is 25.8 Å². The van der Waals surface area contributed by atoms with Crippen LogP contribution in [-0.2, 0) is 0 Å². The highest BCUT2D eigenvalue weighted by atomic mass is 16.6. The third-order valence-corrected chi connectivity index (χ3v) is 4.31. The average molecular weight is 314 g/mol. The molecule has 2 aliphatic heterocycles. The number of ether oxygens (including phenoxy) is 2. The van der Waals surface area contributed by atoms with Gasteiger partial charge < -0.3 is 18.9 Å². The average Bonchev–Trinajstić information content (AvgIpc) is 3.22. The number of rotatable bonds is 2. The number of likely N-dealkylation sites (tertiary alicyclic amines) is 1. The van der Waals surface area contributed by atoms with Crippen molar-refractivity contribution in [2.24, 2.45) is 0 Å². The van der Waals surface area contributed by atoms with Gasteiger partial charge in [-0.05, 0) is 25.8 Å². The van der Waals surface area contributed by atoms with Crippen LogP contribution in [0.5, 0.6) is 11.5 Å². The van der Waals surface area contributed by atoms with E-state index in [2.05, 4.69) is 5.16 Å². The van der Waals surface area contributed by atoms with E-state index in [0.29, 0.717) is 25.5 Å². The number of nitrogens with zero attached hydrogens (tertiary/aromatic N) is 2. The minimum absolute atomic E-state index is 0.0236. The van der Waals surface area contributed by atoms with Crippen molar-refractivity contribution in [3.63, 3.8) is 0 Å². The van der Waals surface area contributed by atoms with Gasteiger partial charge in [0.05, 0.1) is 11.7 Å². The summed E-state index contributed by atoms with van der Waals surface area (Å²) in [6.45, 7) is 3.60. The molecule has 0 N–H and O–H groups in total. The number of carbonyl (C=O) groups excluding carboxylic acids is 1. The highest BCUT2D eigenvalue weighted by Crippen LogP contribution is 2.43. The maximum absolute atomic E-state index is 12.7. The summed E-state index contributed by atoms with van der Waals surface area (Å²) in [4.78, 5) is 14.6. The summed E-state index contributed by atoms with van der Waals surface area (Å²) in [7, 11) is 0. The van der Waals surface area contributed by atoms with Gasteiger partial charge in [0, 0.05) is 18.2 Å². The van der Waals surface area contributed by atoms with Crippen molar-refractivity contribution in [3.8, 4) is 11.5 Å². The van der Waals surface area contributed by atoms with Crippen LogP contribution in [-0.4, -0.2) is 35.7 Å². The molecule has 6 heteroatoms. The van der Waals surface area contributed by atoms with Crippen molar-refractivity contribution in [2.75, 3.05) is 19.8 Å². The lowest BCUT2D eigenvalue weighted by atomic mass is 10.0. The molecule has 4 rings (SSSR count). The summed E-state index contributed by atoms with van der Waals surface area (Å²) in [6.07, 6.45) is 1.85. The van der Waals surface area contributed by atoms with E-state index < -0.39 is 0 Å². The number of hydrogen-bond donors (Lipinski definition) is 0. The van der Waals surface area contributed by atoms with Crippen molar-refractivity contribution in [1.82, 2.24) is 10.1 Å². The van der Waals surface area contributed by atoms with E-state index in [4.69, 9.17) is 14.0 Å². The number of para-hydroxylation sites is 1. The lowest BCUT2D eigenvalue weighted by Gasteiger charge is -2.28. The topological polar surface area (TPSA) is 64.8 Å². The third-order valence-electron chi connectivity index (χ3n) is 4.31. The highest BCUT2D eigenvalue weighted by Gasteiger charge is 2.35. The van der Waals surface area contributed by atoms with Gasteiger partial charge in [0.25, 0.3) is 5.91 Å². The van der Waals surface area contributed by atoms with Crippen LogP contribution in [0.3, 0.4) is 0 Å². The third kappa shape index (κ3) is 2.44. The molecular formula is C17H18N2O4. The first-order valence-electron chi connectivity index (χ1n) is 7.87. The lowest BCUT2D eigenvalue weighted by Crippen LogP contribution is -2.31. The number of benzene rings is 1. The highest BCUT2D eigenvalue weighted by molar-refractivity contribution is 5.92.